The Balaban J connectivity index is 1.92. The number of rotatable bonds is 3. The van der Waals surface area contributed by atoms with Gasteiger partial charge in [-0.2, -0.15) is 20.1 Å². The van der Waals surface area contributed by atoms with E-state index in [1.54, 1.807) is 30.7 Å². The van der Waals surface area contributed by atoms with Crippen LogP contribution in [0.3, 0.4) is 0 Å². The second-order valence-corrected chi connectivity index (χ2v) is 4.21. The molecular formula is C12H9ClN6O. The van der Waals surface area contributed by atoms with Crippen LogP contribution in [0.1, 0.15) is 5.69 Å². The van der Waals surface area contributed by atoms with Gasteiger partial charge in [0, 0.05) is 18.1 Å². The van der Waals surface area contributed by atoms with Gasteiger partial charge in [-0.15, -0.1) is 0 Å². The number of hydrogen-bond donors (Lipinski definition) is 0. The van der Waals surface area contributed by atoms with Crippen LogP contribution >= 0.6 is 11.6 Å². The van der Waals surface area contributed by atoms with Crippen molar-refractivity contribution in [2.24, 2.45) is 0 Å². The van der Waals surface area contributed by atoms with E-state index in [-0.39, 0.29) is 17.2 Å². The van der Waals surface area contributed by atoms with Crippen molar-refractivity contribution < 1.29 is 4.74 Å². The summed E-state index contributed by atoms with van der Waals surface area (Å²) in [6.07, 6.45) is 4.89. The maximum absolute atomic E-state index is 5.86. The Morgan fingerprint density at radius 1 is 1.20 bits per heavy atom. The van der Waals surface area contributed by atoms with Crippen molar-refractivity contribution in [3.8, 4) is 17.7 Å². The van der Waals surface area contributed by atoms with Gasteiger partial charge in [0.15, 0.2) is 0 Å². The van der Waals surface area contributed by atoms with E-state index in [0.29, 0.717) is 5.75 Å². The van der Waals surface area contributed by atoms with Gasteiger partial charge in [0.05, 0.1) is 6.20 Å². The summed E-state index contributed by atoms with van der Waals surface area (Å²) in [5.41, 5.74) is 0.892. The fraction of sp³-hybridized carbons (Fsp3) is 0.0833. The maximum Gasteiger partial charge on any atom is 0.328 e. The van der Waals surface area contributed by atoms with Crippen LogP contribution in [0.25, 0.3) is 5.95 Å². The van der Waals surface area contributed by atoms with Crippen LogP contribution in [-0.2, 0) is 0 Å². The maximum atomic E-state index is 5.86. The zero-order chi connectivity index (χ0) is 13.9. The van der Waals surface area contributed by atoms with Gasteiger partial charge >= 0.3 is 6.01 Å². The molecule has 3 aromatic rings. The topological polar surface area (TPSA) is 78.6 Å². The van der Waals surface area contributed by atoms with E-state index in [1.807, 2.05) is 13.0 Å². The zero-order valence-corrected chi connectivity index (χ0v) is 11.2. The summed E-state index contributed by atoms with van der Waals surface area (Å²) in [6, 6.07) is 5.43. The monoisotopic (exact) mass is 288 g/mol. The lowest BCUT2D eigenvalue weighted by Crippen LogP contribution is -2.05. The summed E-state index contributed by atoms with van der Waals surface area (Å²) < 4.78 is 6.97. The van der Waals surface area contributed by atoms with Gasteiger partial charge in [0.2, 0.25) is 5.28 Å². The van der Waals surface area contributed by atoms with Crippen LogP contribution in [0, 0.1) is 6.92 Å². The molecule has 3 heterocycles. The molecule has 8 heteroatoms. The van der Waals surface area contributed by atoms with E-state index in [9.17, 15) is 0 Å². The highest BCUT2D eigenvalue weighted by Crippen LogP contribution is 2.18. The smallest absolute Gasteiger partial charge is 0.328 e. The minimum atomic E-state index is 0.0283. The van der Waals surface area contributed by atoms with Crippen molar-refractivity contribution in [3.05, 3.63) is 47.8 Å². The minimum absolute atomic E-state index is 0.0283. The van der Waals surface area contributed by atoms with Crippen molar-refractivity contribution in [3.63, 3.8) is 0 Å². The predicted octanol–water partition coefficient (Wildman–Crippen LogP) is 2.21. The standard InChI is InChI=1S/C12H9ClN6O/c1-8-3-4-9(7-14-8)20-12-17-10(13)16-11(18-12)19-6-2-5-15-19/h2-7H,1H3. The first-order chi connectivity index (χ1) is 9.70. The summed E-state index contributed by atoms with van der Waals surface area (Å²) in [6.45, 7) is 1.89. The van der Waals surface area contributed by atoms with E-state index in [4.69, 9.17) is 16.3 Å². The highest BCUT2D eigenvalue weighted by molar-refractivity contribution is 6.28. The lowest BCUT2D eigenvalue weighted by molar-refractivity contribution is 0.435. The quantitative estimate of drug-likeness (QED) is 0.735. The summed E-state index contributed by atoms with van der Waals surface area (Å²) in [4.78, 5) is 16.2. The fourth-order valence-electron chi connectivity index (χ4n) is 1.48. The van der Waals surface area contributed by atoms with Crippen molar-refractivity contribution in [2.75, 3.05) is 0 Å². The summed E-state index contributed by atoms with van der Waals surface area (Å²) in [5.74, 6) is 0.800. The number of aromatic nitrogens is 6. The van der Waals surface area contributed by atoms with Crippen molar-refractivity contribution in [2.45, 2.75) is 6.92 Å². The first-order valence-electron chi connectivity index (χ1n) is 5.73. The molecule has 0 bridgehead atoms. The summed E-state index contributed by atoms with van der Waals surface area (Å²) in [5, 5.41) is 4.05. The molecule has 100 valence electrons. The van der Waals surface area contributed by atoms with E-state index >= 15 is 0 Å². The van der Waals surface area contributed by atoms with Gasteiger partial charge < -0.3 is 4.74 Å². The van der Waals surface area contributed by atoms with Gasteiger partial charge in [-0.05, 0) is 36.7 Å². The Morgan fingerprint density at radius 2 is 2.10 bits per heavy atom. The van der Waals surface area contributed by atoms with Gasteiger partial charge in [-0.1, -0.05) is 0 Å². The third kappa shape index (κ3) is 2.72. The summed E-state index contributed by atoms with van der Waals surface area (Å²) in [7, 11) is 0. The lowest BCUT2D eigenvalue weighted by atomic mass is 10.4. The van der Waals surface area contributed by atoms with Gasteiger partial charge in [0.25, 0.3) is 5.95 Å². The molecule has 3 aromatic heterocycles. The van der Waals surface area contributed by atoms with E-state index in [1.165, 1.54) is 4.68 Å². The molecule has 0 saturated carbocycles. The third-order valence-electron chi connectivity index (χ3n) is 2.38. The minimum Gasteiger partial charge on any atom is -0.422 e. The average Bonchev–Trinajstić information content (AvgIpc) is 2.95. The summed E-state index contributed by atoms with van der Waals surface area (Å²) >= 11 is 5.86. The Labute approximate surface area is 119 Å². The van der Waals surface area contributed by atoms with Gasteiger partial charge in [-0.3, -0.25) is 4.98 Å². The SMILES string of the molecule is Cc1ccc(Oc2nc(Cl)nc(-n3cccn3)n2)cn1. The molecule has 0 aliphatic heterocycles. The number of hydrogen-bond acceptors (Lipinski definition) is 6. The first kappa shape index (κ1) is 12.5. The van der Waals surface area contributed by atoms with Crippen molar-refractivity contribution in [1.82, 2.24) is 29.7 Å². The zero-order valence-electron chi connectivity index (χ0n) is 10.4. The molecule has 0 radical (unpaired) electrons. The normalized spacial score (nSPS) is 10.5. The molecule has 0 atom stereocenters. The Bertz CT molecular complexity index is 713. The number of halogens is 1. The number of pyridine rings is 1. The van der Waals surface area contributed by atoms with E-state index in [2.05, 4.69) is 25.0 Å². The predicted molar refractivity (Wildman–Crippen MR) is 71.0 cm³/mol. The molecule has 0 fully saturated rings. The largest absolute Gasteiger partial charge is 0.422 e. The molecule has 0 spiro atoms. The Morgan fingerprint density at radius 3 is 2.80 bits per heavy atom. The van der Waals surface area contributed by atoms with Crippen molar-refractivity contribution >= 4 is 11.6 Å². The Kier molecular flexibility index (Phi) is 3.26. The number of aryl methyl sites for hydroxylation is 1. The number of ether oxygens (including phenoxy) is 1. The van der Waals surface area contributed by atoms with E-state index in [0.717, 1.165) is 5.69 Å². The lowest BCUT2D eigenvalue weighted by Gasteiger charge is -2.05. The Hall–Kier alpha value is -2.54. The van der Waals surface area contributed by atoms with Crippen LogP contribution in [0.2, 0.25) is 5.28 Å². The highest BCUT2D eigenvalue weighted by atomic mass is 35.5. The molecule has 20 heavy (non-hydrogen) atoms. The highest BCUT2D eigenvalue weighted by Gasteiger charge is 2.09. The molecule has 0 saturated heterocycles. The molecule has 0 amide bonds. The third-order valence-corrected chi connectivity index (χ3v) is 2.55. The molecular weight excluding hydrogens is 280 g/mol. The molecule has 0 aromatic carbocycles. The van der Waals surface area contributed by atoms with Crippen LogP contribution in [0.5, 0.6) is 11.8 Å². The van der Waals surface area contributed by atoms with Crippen LogP contribution in [0.15, 0.2) is 36.8 Å². The van der Waals surface area contributed by atoms with E-state index < -0.39 is 0 Å². The first-order valence-corrected chi connectivity index (χ1v) is 6.10. The second kappa shape index (κ2) is 5.22. The molecule has 0 aliphatic rings. The second-order valence-electron chi connectivity index (χ2n) is 3.87. The van der Waals surface area contributed by atoms with Gasteiger partial charge in [-0.25, -0.2) is 4.68 Å². The number of nitrogens with zero attached hydrogens (tertiary/aromatic N) is 6. The van der Waals surface area contributed by atoms with Crippen LogP contribution in [0.4, 0.5) is 0 Å². The molecule has 0 aliphatic carbocycles. The molecule has 3 rings (SSSR count). The van der Waals surface area contributed by atoms with Crippen molar-refractivity contribution in [1.29, 1.82) is 0 Å². The van der Waals surface area contributed by atoms with Gasteiger partial charge in [0.1, 0.15) is 5.75 Å². The molecule has 7 nitrogen and oxygen atoms in total. The van der Waals surface area contributed by atoms with Crippen LogP contribution < -0.4 is 4.74 Å². The van der Waals surface area contributed by atoms with Crippen LogP contribution in [-0.4, -0.2) is 29.7 Å². The average molecular weight is 289 g/mol. The molecule has 0 unspecified atom stereocenters. The fourth-order valence-corrected chi connectivity index (χ4v) is 1.63. The molecule has 0 N–H and O–H groups in total.